The molecule has 132 valence electrons. The topological polar surface area (TPSA) is 58.4 Å². The molecule has 22 heavy (non-hydrogen) atoms. The average molecular weight is 354 g/mol. The number of halogens is 2. The molecule has 0 aliphatic heterocycles. The summed E-state index contributed by atoms with van der Waals surface area (Å²) < 4.78 is 0. The predicted octanol–water partition coefficient (Wildman–Crippen LogP) is 2.73. The fourth-order valence-corrected chi connectivity index (χ4v) is 3.90. The molecule has 2 aliphatic rings. The Morgan fingerprint density at radius 1 is 1.14 bits per heavy atom. The molecule has 2 rings (SSSR count). The Kier molecular flexibility index (Phi) is 9.95. The number of carbonyl (C=O) groups excluding carboxylic acids is 1. The highest BCUT2D eigenvalue weighted by Gasteiger charge is 2.37. The number of likely N-dealkylation sites (N-methyl/N-ethyl adjacent to an activating group) is 1. The summed E-state index contributed by atoms with van der Waals surface area (Å²) in [4.78, 5) is 14.6. The van der Waals surface area contributed by atoms with Crippen LogP contribution in [-0.4, -0.2) is 43.0 Å². The first-order valence-corrected chi connectivity index (χ1v) is 8.26. The number of amides is 1. The Hall–Kier alpha value is -0.0300. The minimum atomic E-state index is -0.594. The maximum atomic E-state index is 12.3. The van der Waals surface area contributed by atoms with Crippen molar-refractivity contribution in [3.05, 3.63) is 0 Å². The van der Waals surface area contributed by atoms with Crippen LogP contribution in [0.15, 0.2) is 0 Å². The maximum absolute atomic E-state index is 12.3. The zero-order valence-electron chi connectivity index (χ0n) is 14.0. The highest BCUT2D eigenvalue weighted by Crippen LogP contribution is 2.29. The van der Waals surface area contributed by atoms with E-state index in [1.165, 1.54) is 32.1 Å². The van der Waals surface area contributed by atoms with E-state index in [2.05, 4.69) is 24.3 Å². The quantitative estimate of drug-likeness (QED) is 0.798. The molecule has 2 fully saturated rings. The SMILES string of the molecule is CN(C)C(CNC(=O)C1(N)CCCC1)C1CCCCC1.Cl.Cl. The van der Waals surface area contributed by atoms with Crippen molar-refractivity contribution in [2.24, 2.45) is 11.7 Å². The van der Waals surface area contributed by atoms with Crippen molar-refractivity contribution in [3.8, 4) is 0 Å². The maximum Gasteiger partial charge on any atom is 0.240 e. The molecule has 0 radical (unpaired) electrons. The zero-order valence-corrected chi connectivity index (χ0v) is 15.6. The Morgan fingerprint density at radius 2 is 1.68 bits per heavy atom. The number of carbonyl (C=O) groups is 1. The van der Waals surface area contributed by atoms with Crippen LogP contribution in [0, 0.1) is 5.92 Å². The van der Waals surface area contributed by atoms with Gasteiger partial charge in [0.25, 0.3) is 0 Å². The van der Waals surface area contributed by atoms with Gasteiger partial charge in [-0.1, -0.05) is 32.1 Å². The molecule has 1 amide bonds. The van der Waals surface area contributed by atoms with E-state index in [9.17, 15) is 4.79 Å². The van der Waals surface area contributed by atoms with Crippen LogP contribution < -0.4 is 11.1 Å². The molecule has 0 bridgehead atoms. The molecule has 3 N–H and O–H groups in total. The summed E-state index contributed by atoms with van der Waals surface area (Å²) in [5.41, 5.74) is 5.62. The van der Waals surface area contributed by atoms with E-state index in [-0.39, 0.29) is 30.7 Å². The smallest absolute Gasteiger partial charge is 0.240 e. The van der Waals surface area contributed by atoms with Gasteiger partial charge in [-0.3, -0.25) is 4.79 Å². The number of nitrogens with two attached hydrogens (primary N) is 1. The molecule has 0 aromatic heterocycles. The molecular weight excluding hydrogens is 321 g/mol. The fourth-order valence-electron chi connectivity index (χ4n) is 3.90. The standard InChI is InChI=1S/C16H31N3O.2ClH/c1-19(2)14(13-8-4-3-5-9-13)12-18-15(20)16(17)10-6-7-11-16;;/h13-14H,3-12,17H2,1-2H3,(H,18,20);2*1H. The van der Waals surface area contributed by atoms with Gasteiger partial charge in [0.05, 0.1) is 5.54 Å². The van der Waals surface area contributed by atoms with Gasteiger partial charge in [0, 0.05) is 12.6 Å². The van der Waals surface area contributed by atoms with E-state index in [0.29, 0.717) is 6.04 Å². The van der Waals surface area contributed by atoms with Crippen LogP contribution in [0.4, 0.5) is 0 Å². The van der Waals surface area contributed by atoms with Crippen LogP contribution in [0.3, 0.4) is 0 Å². The number of hydrogen-bond acceptors (Lipinski definition) is 3. The number of rotatable bonds is 5. The van der Waals surface area contributed by atoms with Crippen LogP contribution in [0.25, 0.3) is 0 Å². The van der Waals surface area contributed by atoms with Crippen LogP contribution in [0.1, 0.15) is 57.8 Å². The van der Waals surface area contributed by atoms with E-state index in [0.717, 1.165) is 38.1 Å². The van der Waals surface area contributed by atoms with Gasteiger partial charge in [-0.05, 0) is 45.7 Å². The first-order valence-electron chi connectivity index (χ1n) is 8.26. The van der Waals surface area contributed by atoms with E-state index < -0.39 is 5.54 Å². The Labute approximate surface area is 147 Å². The lowest BCUT2D eigenvalue weighted by atomic mass is 9.83. The molecule has 2 aliphatic carbocycles. The van der Waals surface area contributed by atoms with Crippen LogP contribution in [0.5, 0.6) is 0 Å². The van der Waals surface area contributed by atoms with Crippen molar-refractivity contribution < 1.29 is 4.79 Å². The largest absolute Gasteiger partial charge is 0.353 e. The lowest BCUT2D eigenvalue weighted by molar-refractivity contribution is -0.126. The second kappa shape index (κ2) is 9.96. The van der Waals surface area contributed by atoms with Gasteiger partial charge in [-0.15, -0.1) is 24.8 Å². The van der Waals surface area contributed by atoms with Crippen LogP contribution >= 0.6 is 24.8 Å². The molecule has 0 heterocycles. The molecular formula is C16H33Cl2N3O. The number of hydrogen-bond donors (Lipinski definition) is 2. The normalized spacial score (nSPS) is 22.5. The molecule has 0 saturated heterocycles. The molecule has 1 atom stereocenters. The molecule has 4 nitrogen and oxygen atoms in total. The van der Waals surface area contributed by atoms with Crippen molar-refractivity contribution in [1.82, 2.24) is 10.2 Å². The molecule has 2 saturated carbocycles. The summed E-state index contributed by atoms with van der Waals surface area (Å²) >= 11 is 0. The first-order chi connectivity index (χ1) is 9.53. The summed E-state index contributed by atoms with van der Waals surface area (Å²) in [5, 5.41) is 3.14. The summed E-state index contributed by atoms with van der Waals surface area (Å²) in [7, 11) is 4.25. The van der Waals surface area contributed by atoms with Crippen molar-refractivity contribution in [2.45, 2.75) is 69.4 Å². The Morgan fingerprint density at radius 3 is 2.18 bits per heavy atom. The highest BCUT2D eigenvalue weighted by molar-refractivity contribution is 5.86. The second-order valence-electron chi connectivity index (χ2n) is 7.00. The minimum Gasteiger partial charge on any atom is -0.353 e. The van der Waals surface area contributed by atoms with Gasteiger partial charge in [0.2, 0.25) is 5.91 Å². The average Bonchev–Trinajstić information content (AvgIpc) is 2.88. The second-order valence-corrected chi connectivity index (χ2v) is 7.00. The van der Waals surface area contributed by atoms with Crippen LogP contribution in [-0.2, 0) is 4.79 Å². The summed E-state index contributed by atoms with van der Waals surface area (Å²) in [5.74, 6) is 0.786. The summed E-state index contributed by atoms with van der Waals surface area (Å²) in [6, 6.07) is 0.448. The van der Waals surface area contributed by atoms with Gasteiger partial charge in [-0.25, -0.2) is 0 Å². The number of nitrogens with zero attached hydrogens (tertiary/aromatic N) is 1. The van der Waals surface area contributed by atoms with Crippen molar-refractivity contribution in [2.75, 3.05) is 20.6 Å². The lowest BCUT2D eigenvalue weighted by Crippen LogP contribution is -2.55. The molecule has 0 aromatic carbocycles. The Balaban J connectivity index is 0.00000220. The third-order valence-corrected chi connectivity index (χ3v) is 5.28. The van der Waals surface area contributed by atoms with E-state index in [4.69, 9.17) is 5.73 Å². The molecule has 0 spiro atoms. The fraction of sp³-hybridized carbons (Fsp3) is 0.938. The van der Waals surface area contributed by atoms with Crippen molar-refractivity contribution >= 4 is 30.7 Å². The van der Waals surface area contributed by atoms with E-state index >= 15 is 0 Å². The van der Waals surface area contributed by atoms with E-state index in [1.807, 2.05) is 0 Å². The monoisotopic (exact) mass is 353 g/mol. The van der Waals surface area contributed by atoms with Gasteiger partial charge >= 0.3 is 0 Å². The predicted molar refractivity (Wildman–Crippen MR) is 96.9 cm³/mol. The molecule has 1 unspecified atom stereocenters. The molecule has 0 aromatic rings. The van der Waals surface area contributed by atoms with Crippen LogP contribution in [0.2, 0.25) is 0 Å². The van der Waals surface area contributed by atoms with Crippen molar-refractivity contribution in [1.29, 1.82) is 0 Å². The first kappa shape index (κ1) is 22.0. The minimum absolute atomic E-state index is 0. The Bertz CT molecular complexity index is 327. The lowest BCUT2D eigenvalue weighted by Gasteiger charge is -2.35. The third kappa shape index (κ3) is 5.55. The van der Waals surface area contributed by atoms with Gasteiger partial charge in [0.15, 0.2) is 0 Å². The van der Waals surface area contributed by atoms with Crippen molar-refractivity contribution in [3.63, 3.8) is 0 Å². The van der Waals surface area contributed by atoms with Gasteiger partial charge in [-0.2, -0.15) is 0 Å². The third-order valence-electron chi connectivity index (χ3n) is 5.28. The van der Waals surface area contributed by atoms with Gasteiger partial charge in [0.1, 0.15) is 0 Å². The number of nitrogens with one attached hydrogen (secondary N) is 1. The summed E-state index contributed by atoms with van der Waals surface area (Å²) in [6.45, 7) is 0.745. The summed E-state index contributed by atoms with van der Waals surface area (Å²) in [6.07, 6.45) is 10.5. The molecule has 6 heteroatoms. The van der Waals surface area contributed by atoms with E-state index in [1.54, 1.807) is 0 Å². The highest BCUT2D eigenvalue weighted by atomic mass is 35.5. The van der Waals surface area contributed by atoms with Gasteiger partial charge < -0.3 is 16.0 Å². The zero-order chi connectivity index (χ0) is 14.6.